The molecular weight excluding hydrogens is 486 g/mol. The van der Waals surface area contributed by atoms with Crippen molar-refractivity contribution in [1.82, 2.24) is 4.57 Å². The van der Waals surface area contributed by atoms with E-state index in [9.17, 15) is 19.2 Å². The maximum Gasteiger partial charge on any atom is 0.307 e. The minimum atomic E-state index is -0.537. The summed E-state index contributed by atoms with van der Waals surface area (Å²) in [5, 5.41) is 0. The van der Waals surface area contributed by atoms with E-state index in [-0.39, 0.29) is 55.8 Å². The lowest BCUT2D eigenvalue weighted by atomic mass is 10.2. The third-order valence-electron chi connectivity index (χ3n) is 5.79. The van der Waals surface area contributed by atoms with Crippen molar-refractivity contribution in [2.75, 3.05) is 24.7 Å². The van der Waals surface area contributed by atoms with E-state index in [1.807, 2.05) is 12.1 Å². The highest BCUT2D eigenvalue weighted by Gasteiger charge is 2.30. The number of benzene rings is 2. The second-order valence-electron chi connectivity index (χ2n) is 8.15. The van der Waals surface area contributed by atoms with Crippen LogP contribution >= 0.6 is 11.3 Å². The Labute approximate surface area is 209 Å². The summed E-state index contributed by atoms with van der Waals surface area (Å²) in [7, 11) is 0. The number of rotatable bonds is 6. The number of ether oxygens (including phenoxy) is 3. The first-order valence-electron chi connectivity index (χ1n) is 11.6. The first-order chi connectivity index (χ1) is 17.4. The van der Waals surface area contributed by atoms with E-state index in [1.54, 1.807) is 29.7 Å². The lowest BCUT2D eigenvalue weighted by molar-refractivity contribution is -0.143. The molecule has 0 radical (unpaired) electrons. The van der Waals surface area contributed by atoms with Crippen LogP contribution in [0.4, 0.5) is 5.69 Å². The van der Waals surface area contributed by atoms with Crippen molar-refractivity contribution < 1.29 is 33.4 Å². The topological polar surface area (TPSA) is 116 Å². The van der Waals surface area contributed by atoms with Crippen molar-refractivity contribution in [3.8, 4) is 11.5 Å². The van der Waals surface area contributed by atoms with Crippen LogP contribution < -0.4 is 19.2 Å². The Morgan fingerprint density at radius 3 is 2.50 bits per heavy atom. The summed E-state index contributed by atoms with van der Waals surface area (Å²) in [6.45, 7) is 3.15. The smallest absolute Gasteiger partial charge is 0.307 e. The molecule has 0 unspecified atom stereocenters. The van der Waals surface area contributed by atoms with Gasteiger partial charge in [-0.3, -0.25) is 24.1 Å². The molecule has 3 aromatic rings. The zero-order valence-corrected chi connectivity index (χ0v) is 20.3. The third kappa shape index (κ3) is 4.61. The van der Waals surface area contributed by atoms with Crippen LogP contribution in [0.1, 0.15) is 36.5 Å². The highest BCUT2D eigenvalue weighted by Crippen LogP contribution is 2.35. The van der Waals surface area contributed by atoms with E-state index in [0.29, 0.717) is 35.2 Å². The lowest BCUT2D eigenvalue weighted by Gasteiger charge is -2.18. The van der Waals surface area contributed by atoms with Gasteiger partial charge in [-0.2, -0.15) is 4.99 Å². The second kappa shape index (κ2) is 9.94. The molecule has 1 aromatic heterocycles. The summed E-state index contributed by atoms with van der Waals surface area (Å²) < 4.78 is 19.0. The highest BCUT2D eigenvalue weighted by molar-refractivity contribution is 7.16. The van der Waals surface area contributed by atoms with E-state index in [2.05, 4.69) is 4.99 Å². The van der Waals surface area contributed by atoms with E-state index in [4.69, 9.17) is 14.2 Å². The number of fused-ring (bicyclic) bond motifs is 2. The molecule has 3 heterocycles. The average molecular weight is 510 g/mol. The maximum absolute atomic E-state index is 13.2. The van der Waals surface area contributed by atoms with Crippen molar-refractivity contribution in [1.29, 1.82) is 0 Å². The number of amides is 3. The van der Waals surface area contributed by atoms with Crippen molar-refractivity contribution in [2.24, 2.45) is 4.99 Å². The number of esters is 1. The quantitative estimate of drug-likeness (QED) is 0.371. The molecule has 11 heteroatoms. The summed E-state index contributed by atoms with van der Waals surface area (Å²) in [5.41, 5.74) is 1.33. The molecule has 0 aliphatic carbocycles. The Morgan fingerprint density at radius 2 is 1.78 bits per heavy atom. The maximum atomic E-state index is 13.2. The predicted molar refractivity (Wildman–Crippen MR) is 130 cm³/mol. The number of carbonyl (C=O) groups excluding carboxylic acids is 4. The van der Waals surface area contributed by atoms with E-state index < -0.39 is 5.91 Å². The molecule has 0 atom stereocenters. The van der Waals surface area contributed by atoms with Gasteiger partial charge in [-0.25, -0.2) is 0 Å². The predicted octanol–water partition coefficient (Wildman–Crippen LogP) is 2.82. The Balaban J connectivity index is 1.54. The normalized spacial score (nSPS) is 15.6. The molecule has 0 saturated carbocycles. The van der Waals surface area contributed by atoms with Gasteiger partial charge in [0.15, 0.2) is 16.3 Å². The molecular formula is C25H23N3O7S. The second-order valence-corrected chi connectivity index (χ2v) is 9.15. The number of aromatic nitrogens is 1. The van der Waals surface area contributed by atoms with Crippen LogP contribution in [0.15, 0.2) is 41.4 Å². The van der Waals surface area contributed by atoms with Gasteiger partial charge in [0.2, 0.25) is 11.8 Å². The number of nitrogens with zero attached hydrogens (tertiary/aromatic N) is 3. The molecule has 0 N–H and O–H groups in total. The number of carbonyl (C=O) groups is 4. The number of aryl methyl sites for hydroxylation is 1. The molecule has 186 valence electrons. The molecule has 36 heavy (non-hydrogen) atoms. The Bertz CT molecular complexity index is 1440. The van der Waals surface area contributed by atoms with E-state index in [1.165, 1.54) is 17.4 Å². The standard InChI is InChI=1S/C25H23N3O7S/c1-2-33-23(31)8-9-27-17-13-18-19(35-11-10-34-18)14-20(17)36-25(27)26-24(32)15-4-3-5-16(12-15)28-21(29)6-7-22(28)30/h3-5,12-14H,2,6-11H2,1H3. The molecule has 2 aliphatic rings. The van der Waals surface area contributed by atoms with Crippen molar-refractivity contribution in [3.63, 3.8) is 0 Å². The monoisotopic (exact) mass is 509 g/mol. The fourth-order valence-electron chi connectivity index (χ4n) is 4.14. The Morgan fingerprint density at radius 1 is 1.06 bits per heavy atom. The Hall–Kier alpha value is -3.99. The summed E-state index contributed by atoms with van der Waals surface area (Å²) in [6.07, 6.45) is 0.409. The van der Waals surface area contributed by atoms with Crippen LogP contribution in [-0.4, -0.2) is 48.1 Å². The van der Waals surface area contributed by atoms with Crippen LogP contribution in [0.5, 0.6) is 11.5 Å². The van der Waals surface area contributed by atoms with Gasteiger partial charge >= 0.3 is 5.97 Å². The molecule has 10 nitrogen and oxygen atoms in total. The first-order valence-corrected chi connectivity index (χ1v) is 12.4. The van der Waals surface area contributed by atoms with Gasteiger partial charge in [0.05, 0.1) is 28.9 Å². The molecule has 5 rings (SSSR count). The summed E-state index contributed by atoms with van der Waals surface area (Å²) in [4.78, 5) is 55.3. The third-order valence-corrected chi connectivity index (χ3v) is 6.83. The molecule has 0 spiro atoms. The zero-order valence-electron chi connectivity index (χ0n) is 19.5. The fourth-order valence-corrected chi connectivity index (χ4v) is 5.20. The van der Waals surface area contributed by atoms with Crippen molar-refractivity contribution in [2.45, 2.75) is 32.7 Å². The number of hydrogen-bond donors (Lipinski definition) is 0. The molecule has 3 amide bonds. The number of imide groups is 1. The van der Waals surface area contributed by atoms with Crippen LogP contribution in [-0.2, 0) is 25.7 Å². The zero-order chi connectivity index (χ0) is 25.2. The van der Waals surface area contributed by atoms with Gasteiger partial charge in [-0.1, -0.05) is 17.4 Å². The van der Waals surface area contributed by atoms with Crippen molar-refractivity contribution in [3.05, 3.63) is 46.8 Å². The minimum absolute atomic E-state index is 0.101. The Kier molecular flexibility index (Phi) is 6.55. The molecule has 1 saturated heterocycles. The van der Waals surface area contributed by atoms with Gasteiger partial charge in [-0.15, -0.1) is 0 Å². The highest BCUT2D eigenvalue weighted by atomic mass is 32.1. The van der Waals surface area contributed by atoms with Crippen LogP contribution in [0.3, 0.4) is 0 Å². The van der Waals surface area contributed by atoms with Gasteiger partial charge in [0.1, 0.15) is 13.2 Å². The molecule has 2 aliphatic heterocycles. The van der Waals surface area contributed by atoms with Crippen LogP contribution in [0.25, 0.3) is 10.2 Å². The van der Waals surface area contributed by atoms with Gasteiger partial charge in [0.25, 0.3) is 5.91 Å². The summed E-state index contributed by atoms with van der Waals surface area (Å²) in [5.74, 6) is -0.288. The molecule has 0 bridgehead atoms. The molecule has 1 fully saturated rings. The van der Waals surface area contributed by atoms with E-state index >= 15 is 0 Å². The summed E-state index contributed by atoms with van der Waals surface area (Å²) in [6, 6.07) is 9.95. The minimum Gasteiger partial charge on any atom is -0.486 e. The SMILES string of the molecule is CCOC(=O)CCn1c(=NC(=O)c2cccc(N3C(=O)CCC3=O)c2)sc2cc3c(cc21)OCCO3. The number of anilines is 1. The van der Waals surface area contributed by atoms with Crippen molar-refractivity contribution >= 4 is 50.9 Å². The molecule has 2 aromatic carbocycles. The first kappa shape index (κ1) is 23.7. The fraction of sp³-hybridized carbons (Fsp3) is 0.320. The summed E-state index contributed by atoms with van der Waals surface area (Å²) >= 11 is 1.28. The van der Waals surface area contributed by atoms with Crippen LogP contribution in [0, 0.1) is 0 Å². The lowest BCUT2D eigenvalue weighted by Crippen LogP contribution is -2.28. The van der Waals surface area contributed by atoms with Gasteiger partial charge in [0, 0.05) is 37.1 Å². The number of hydrogen-bond acceptors (Lipinski definition) is 8. The van der Waals surface area contributed by atoms with Gasteiger partial charge < -0.3 is 18.8 Å². The average Bonchev–Trinajstić information content (AvgIpc) is 3.39. The number of thiazole rings is 1. The largest absolute Gasteiger partial charge is 0.486 e. The van der Waals surface area contributed by atoms with E-state index in [0.717, 1.165) is 15.1 Å². The van der Waals surface area contributed by atoms with Crippen LogP contribution in [0.2, 0.25) is 0 Å². The van der Waals surface area contributed by atoms with Gasteiger partial charge in [-0.05, 0) is 25.1 Å².